The number of benzene rings is 1. The Morgan fingerprint density at radius 2 is 2.13 bits per heavy atom. The SMILES string of the molecule is N#CC#Cc1ccc2c(Cl)ccnc2c1. The highest BCUT2D eigenvalue weighted by molar-refractivity contribution is 6.35. The molecular weight excluding hydrogens is 208 g/mol. The largest absolute Gasteiger partial charge is 0.256 e. The molecule has 0 atom stereocenters. The van der Waals surface area contributed by atoms with Crippen LogP contribution in [0.2, 0.25) is 5.02 Å². The smallest absolute Gasteiger partial charge is 0.152 e. The third-order valence-corrected chi connectivity index (χ3v) is 2.28. The van der Waals surface area contributed by atoms with Crippen molar-refractivity contribution in [3.05, 3.63) is 41.0 Å². The lowest BCUT2D eigenvalue weighted by Gasteiger charge is -1.99. The van der Waals surface area contributed by atoms with Crippen molar-refractivity contribution in [1.82, 2.24) is 4.98 Å². The molecule has 0 aliphatic heterocycles. The lowest BCUT2D eigenvalue weighted by Crippen LogP contribution is -1.81. The molecule has 0 amide bonds. The van der Waals surface area contributed by atoms with Crippen molar-refractivity contribution < 1.29 is 0 Å². The molecule has 0 saturated heterocycles. The highest BCUT2D eigenvalue weighted by atomic mass is 35.5. The first-order valence-electron chi connectivity index (χ1n) is 4.25. The van der Waals surface area contributed by atoms with Crippen molar-refractivity contribution >= 4 is 22.5 Å². The number of pyridine rings is 1. The van der Waals surface area contributed by atoms with E-state index < -0.39 is 0 Å². The lowest BCUT2D eigenvalue weighted by molar-refractivity contribution is 1.41. The number of hydrogen-bond acceptors (Lipinski definition) is 2. The van der Waals surface area contributed by atoms with Crippen molar-refractivity contribution in [2.75, 3.05) is 0 Å². The quantitative estimate of drug-likeness (QED) is 0.630. The van der Waals surface area contributed by atoms with E-state index >= 15 is 0 Å². The second-order valence-electron chi connectivity index (χ2n) is 2.89. The van der Waals surface area contributed by atoms with Gasteiger partial charge in [0.05, 0.1) is 10.5 Å². The summed E-state index contributed by atoms with van der Waals surface area (Å²) in [5.41, 5.74) is 1.55. The zero-order chi connectivity index (χ0) is 10.7. The molecule has 0 unspecified atom stereocenters. The second kappa shape index (κ2) is 4.00. The van der Waals surface area contributed by atoms with E-state index in [1.54, 1.807) is 18.3 Å². The third-order valence-electron chi connectivity index (χ3n) is 1.95. The van der Waals surface area contributed by atoms with Crippen LogP contribution in [0.1, 0.15) is 5.56 Å². The molecule has 0 radical (unpaired) electrons. The first kappa shape index (κ1) is 9.52. The van der Waals surface area contributed by atoms with Crippen LogP contribution in [-0.2, 0) is 0 Å². The van der Waals surface area contributed by atoms with Gasteiger partial charge in [-0.05, 0) is 18.2 Å². The standard InChI is InChI=1S/C12H5ClN2/c13-11-5-7-15-12-8-9(2-1-6-14)3-4-10(11)12/h3-5,7-8H. The van der Waals surface area contributed by atoms with Crippen LogP contribution in [0.5, 0.6) is 0 Å². The fraction of sp³-hybridized carbons (Fsp3) is 0. The maximum Gasteiger partial charge on any atom is 0.152 e. The van der Waals surface area contributed by atoms with E-state index in [-0.39, 0.29) is 0 Å². The minimum absolute atomic E-state index is 0.666. The lowest BCUT2D eigenvalue weighted by atomic mass is 10.1. The Morgan fingerprint density at radius 3 is 2.93 bits per heavy atom. The van der Waals surface area contributed by atoms with Crippen LogP contribution < -0.4 is 0 Å². The fourth-order valence-electron chi connectivity index (χ4n) is 1.29. The predicted octanol–water partition coefficient (Wildman–Crippen LogP) is 2.76. The number of hydrogen-bond donors (Lipinski definition) is 0. The van der Waals surface area contributed by atoms with Crippen LogP contribution in [0.15, 0.2) is 30.5 Å². The Hall–Kier alpha value is -2.03. The van der Waals surface area contributed by atoms with Gasteiger partial charge in [-0.1, -0.05) is 23.6 Å². The molecule has 0 bridgehead atoms. The molecule has 2 nitrogen and oxygen atoms in total. The number of nitriles is 1. The summed E-state index contributed by atoms with van der Waals surface area (Å²) in [6, 6.07) is 8.99. The second-order valence-corrected chi connectivity index (χ2v) is 3.29. The number of nitrogens with zero attached hydrogens (tertiary/aromatic N) is 2. The Balaban J connectivity index is 2.63. The van der Waals surface area contributed by atoms with Gasteiger partial charge < -0.3 is 0 Å². The monoisotopic (exact) mass is 212 g/mol. The van der Waals surface area contributed by atoms with E-state index in [1.807, 2.05) is 18.2 Å². The molecule has 0 aliphatic rings. The molecule has 2 rings (SSSR count). The first-order chi connectivity index (χ1) is 7.31. The molecule has 0 N–H and O–H groups in total. The number of aromatic nitrogens is 1. The summed E-state index contributed by atoms with van der Waals surface area (Å²) < 4.78 is 0. The van der Waals surface area contributed by atoms with Crippen LogP contribution >= 0.6 is 11.6 Å². The minimum Gasteiger partial charge on any atom is -0.256 e. The van der Waals surface area contributed by atoms with Crippen LogP contribution in [-0.4, -0.2) is 4.98 Å². The average molecular weight is 213 g/mol. The van der Waals surface area contributed by atoms with Gasteiger partial charge in [0.25, 0.3) is 0 Å². The van der Waals surface area contributed by atoms with E-state index in [0.29, 0.717) is 5.02 Å². The summed E-state index contributed by atoms with van der Waals surface area (Å²) in [6.45, 7) is 0. The van der Waals surface area contributed by atoms with Crippen LogP contribution in [0.4, 0.5) is 0 Å². The third kappa shape index (κ3) is 1.91. The summed E-state index contributed by atoms with van der Waals surface area (Å²) in [7, 11) is 0. The highest BCUT2D eigenvalue weighted by Gasteiger charge is 1.99. The highest BCUT2D eigenvalue weighted by Crippen LogP contribution is 2.21. The molecule has 70 valence electrons. The maximum absolute atomic E-state index is 8.32. The summed E-state index contributed by atoms with van der Waals surface area (Å²) in [5.74, 6) is 5.05. The molecule has 0 aliphatic carbocycles. The van der Waals surface area contributed by atoms with E-state index in [0.717, 1.165) is 16.5 Å². The Morgan fingerprint density at radius 1 is 1.27 bits per heavy atom. The van der Waals surface area contributed by atoms with E-state index in [2.05, 4.69) is 16.8 Å². The molecule has 2 aromatic rings. The van der Waals surface area contributed by atoms with Crippen LogP contribution in [0.25, 0.3) is 10.9 Å². The van der Waals surface area contributed by atoms with Gasteiger partial charge in [-0.2, -0.15) is 5.26 Å². The van der Waals surface area contributed by atoms with Crippen molar-refractivity contribution in [2.45, 2.75) is 0 Å². The average Bonchev–Trinajstić information content (AvgIpc) is 2.26. The summed E-state index contributed by atoms with van der Waals surface area (Å²) in [4.78, 5) is 4.18. The van der Waals surface area contributed by atoms with Gasteiger partial charge in [0.15, 0.2) is 6.07 Å². The number of halogens is 1. The zero-order valence-electron chi connectivity index (χ0n) is 7.66. The van der Waals surface area contributed by atoms with Gasteiger partial charge in [0.2, 0.25) is 0 Å². The van der Waals surface area contributed by atoms with Crippen molar-refractivity contribution in [1.29, 1.82) is 5.26 Å². The van der Waals surface area contributed by atoms with Crippen molar-refractivity contribution in [2.24, 2.45) is 0 Å². The van der Waals surface area contributed by atoms with E-state index in [9.17, 15) is 0 Å². The zero-order valence-corrected chi connectivity index (χ0v) is 8.42. The van der Waals surface area contributed by atoms with E-state index in [1.165, 1.54) is 0 Å². The number of rotatable bonds is 0. The summed E-state index contributed by atoms with van der Waals surface area (Å²) >= 11 is 5.99. The molecule has 1 heterocycles. The molecule has 3 heteroatoms. The van der Waals surface area contributed by atoms with Gasteiger partial charge in [0.1, 0.15) is 0 Å². The molecule has 1 aromatic carbocycles. The summed E-state index contributed by atoms with van der Waals surface area (Å²) in [6.07, 6.45) is 1.65. The minimum atomic E-state index is 0.666. The van der Waals surface area contributed by atoms with Gasteiger partial charge >= 0.3 is 0 Å². The molecule has 1 aromatic heterocycles. The normalized spacial score (nSPS) is 9.07. The van der Waals surface area contributed by atoms with Gasteiger partial charge in [0, 0.05) is 23.1 Å². The van der Waals surface area contributed by atoms with Crippen molar-refractivity contribution in [3.8, 4) is 17.9 Å². The maximum atomic E-state index is 8.32. The molecule has 0 fully saturated rings. The summed E-state index contributed by atoms with van der Waals surface area (Å²) in [5, 5.41) is 9.88. The van der Waals surface area contributed by atoms with Gasteiger partial charge in [-0.25, -0.2) is 0 Å². The fourth-order valence-corrected chi connectivity index (χ4v) is 1.51. The molecule has 0 spiro atoms. The molecule has 15 heavy (non-hydrogen) atoms. The van der Waals surface area contributed by atoms with Crippen LogP contribution in [0.3, 0.4) is 0 Å². The van der Waals surface area contributed by atoms with Gasteiger partial charge in [-0.3, -0.25) is 4.98 Å². The first-order valence-corrected chi connectivity index (χ1v) is 4.63. The van der Waals surface area contributed by atoms with E-state index in [4.69, 9.17) is 16.9 Å². The Bertz CT molecular complexity index is 615. The van der Waals surface area contributed by atoms with Crippen molar-refractivity contribution in [3.63, 3.8) is 0 Å². The van der Waals surface area contributed by atoms with Gasteiger partial charge in [-0.15, -0.1) is 0 Å². The molecular formula is C12H5ClN2. The molecule has 0 saturated carbocycles. The van der Waals surface area contributed by atoms with Crippen LogP contribution in [0, 0.1) is 23.2 Å². The predicted molar refractivity (Wildman–Crippen MR) is 59.2 cm³/mol. The Kier molecular flexibility index (Phi) is 2.54. The topological polar surface area (TPSA) is 36.7 Å². The number of fused-ring (bicyclic) bond motifs is 1. The Labute approximate surface area is 92.1 Å².